The fourth-order valence-electron chi connectivity index (χ4n) is 3.22. The molecule has 3 aromatic rings. The third-order valence-corrected chi connectivity index (χ3v) is 4.79. The number of amides is 2. The van der Waals surface area contributed by atoms with Crippen molar-refractivity contribution in [3.8, 4) is 5.75 Å². The van der Waals surface area contributed by atoms with Gasteiger partial charge in [-0.25, -0.2) is 0 Å². The first-order valence-electron chi connectivity index (χ1n) is 9.40. The van der Waals surface area contributed by atoms with E-state index in [4.69, 9.17) is 4.74 Å². The molecule has 6 heteroatoms. The van der Waals surface area contributed by atoms with E-state index in [2.05, 4.69) is 10.3 Å². The summed E-state index contributed by atoms with van der Waals surface area (Å²) in [7, 11) is 0. The molecule has 0 unspecified atom stereocenters. The summed E-state index contributed by atoms with van der Waals surface area (Å²) < 4.78 is 5.52. The van der Waals surface area contributed by atoms with Gasteiger partial charge in [0.05, 0.1) is 12.2 Å². The fraction of sp³-hybridized carbons (Fsp3) is 0.174. The Hall–Kier alpha value is -3.67. The first kappa shape index (κ1) is 18.7. The van der Waals surface area contributed by atoms with E-state index in [1.165, 1.54) is 0 Å². The molecule has 1 aliphatic rings. The van der Waals surface area contributed by atoms with E-state index >= 15 is 0 Å². The molecule has 2 heterocycles. The van der Waals surface area contributed by atoms with Crippen LogP contribution in [0.25, 0.3) is 0 Å². The molecular formula is C23H21N3O3. The lowest BCUT2D eigenvalue weighted by Crippen LogP contribution is -2.38. The predicted octanol–water partition coefficient (Wildman–Crippen LogP) is 3.25. The number of aromatic nitrogens is 1. The maximum atomic E-state index is 12.4. The number of anilines is 1. The number of fused-ring (bicyclic) bond motifs is 1. The summed E-state index contributed by atoms with van der Waals surface area (Å²) in [5, 5.41) is 2.88. The highest BCUT2D eigenvalue weighted by Crippen LogP contribution is 2.33. The van der Waals surface area contributed by atoms with Gasteiger partial charge in [-0.3, -0.25) is 14.6 Å². The van der Waals surface area contributed by atoms with Crippen LogP contribution in [0.3, 0.4) is 0 Å². The summed E-state index contributed by atoms with van der Waals surface area (Å²) in [6.07, 6.45) is 3.42. The second-order valence-corrected chi connectivity index (χ2v) is 6.98. The minimum absolute atomic E-state index is 0.0326. The Balaban J connectivity index is 1.44. The highest BCUT2D eigenvalue weighted by molar-refractivity contribution is 5.98. The summed E-state index contributed by atoms with van der Waals surface area (Å²) in [6.45, 7) is 2.87. The summed E-state index contributed by atoms with van der Waals surface area (Å²) in [5.74, 6) is 0.479. The maximum absolute atomic E-state index is 12.4. The van der Waals surface area contributed by atoms with E-state index in [0.717, 1.165) is 22.4 Å². The van der Waals surface area contributed by atoms with Crippen molar-refractivity contribution in [3.05, 3.63) is 89.2 Å². The number of benzene rings is 2. The molecular weight excluding hydrogens is 366 g/mol. The molecule has 29 heavy (non-hydrogen) atoms. The molecule has 0 bridgehead atoms. The van der Waals surface area contributed by atoms with Crippen LogP contribution in [0, 0.1) is 6.92 Å². The van der Waals surface area contributed by atoms with Gasteiger partial charge in [0.1, 0.15) is 5.75 Å². The van der Waals surface area contributed by atoms with Gasteiger partial charge in [-0.2, -0.15) is 0 Å². The average molecular weight is 387 g/mol. The number of ether oxygens (including phenoxy) is 1. The molecule has 2 amide bonds. The largest absolute Gasteiger partial charge is 0.482 e. The molecule has 0 fully saturated rings. The molecule has 0 saturated heterocycles. The number of hydrogen-bond acceptors (Lipinski definition) is 4. The van der Waals surface area contributed by atoms with Crippen molar-refractivity contribution in [2.45, 2.75) is 20.0 Å². The van der Waals surface area contributed by atoms with Crippen molar-refractivity contribution in [2.24, 2.45) is 0 Å². The third-order valence-electron chi connectivity index (χ3n) is 4.79. The SMILES string of the molecule is Cc1ccc2c(c1)N(Cc1ccc(C(=O)NCc3cccnc3)cc1)C(=O)CO2. The standard InChI is InChI=1S/C23H21N3O3/c1-16-4-9-21-20(11-16)26(22(27)15-29-21)14-17-5-7-19(8-6-17)23(28)25-13-18-3-2-10-24-12-18/h2-12H,13-15H2,1H3,(H,25,28). The lowest BCUT2D eigenvalue weighted by Gasteiger charge is -2.29. The fourth-order valence-corrected chi connectivity index (χ4v) is 3.22. The number of carbonyl (C=O) groups is 2. The highest BCUT2D eigenvalue weighted by atomic mass is 16.5. The van der Waals surface area contributed by atoms with Gasteiger partial charge in [-0.05, 0) is 53.9 Å². The van der Waals surface area contributed by atoms with Gasteiger partial charge in [0.2, 0.25) is 0 Å². The van der Waals surface area contributed by atoms with Crippen LogP contribution in [0.1, 0.15) is 27.0 Å². The molecule has 0 aliphatic carbocycles. The molecule has 0 atom stereocenters. The van der Waals surface area contributed by atoms with Crippen molar-refractivity contribution in [2.75, 3.05) is 11.5 Å². The van der Waals surface area contributed by atoms with Gasteiger partial charge in [0, 0.05) is 24.5 Å². The van der Waals surface area contributed by atoms with Crippen molar-refractivity contribution in [1.82, 2.24) is 10.3 Å². The van der Waals surface area contributed by atoms with Gasteiger partial charge >= 0.3 is 0 Å². The van der Waals surface area contributed by atoms with E-state index < -0.39 is 0 Å². The number of hydrogen-bond donors (Lipinski definition) is 1. The number of nitrogens with zero attached hydrogens (tertiary/aromatic N) is 2. The number of aryl methyl sites for hydroxylation is 1. The van der Waals surface area contributed by atoms with Crippen LogP contribution < -0.4 is 15.0 Å². The van der Waals surface area contributed by atoms with Gasteiger partial charge in [0.25, 0.3) is 11.8 Å². The predicted molar refractivity (Wildman–Crippen MR) is 110 cm³/mol. The van der Waals surface area contributed by atoms with Crippen molar-refractivity contribution in [1.29, 1.82) is 0 Å². The van der Waals surface area contributed by atoms with E-state index in [1.807, 2.05) is 49.4 Å². The Bertz CT molecular complexity index is 1030. The van der Waals surface area contributed by atoms with Crippen molar-refractivity contribution < 1.29 is 14.3 Å². The van der Waals surface area contributed by atoms with Gasteiger partial charge in [-0.1, -0.05) is 24.3 Å². The van der Waals surface area contributed by atoms with Crippen molar-refractivity contribution in [3.63, 3.8) is 0 Å². The lowest BCUT2D eigenvalue weighted by atomic mass is 10.1. The number of nitrogens with one attached hydrogen (secondary N) is 1. The summed E-state index contributed by atoms with van der Waals surface area (Å²) in [6, 6.07) is 16.8. The highest BCUT2D eigenvalue weighted by Gasteiger charge is 2.25. The second-order valence-electron chi connectivity index (χ2n) is 6.98. The zero-order chi connectivity index (χ0) is 20.2. The molecule has 0 saturated carbocycles. The van der Waals surface area contributed by atoms with Gasteiger partial charge < -0.3 is 15.0 Å². The Morgan fingerprint density at radius 1 is 1.14 bits per heavy atom. The third kappa shape index (κ3) is 4.27. The minimum Gasteiger partial charge on any atom is -0.482 e. The van der Waals surface area contributed by atoms with Crippen LogP contribution in [-0.4, -0.2) is 23.4 Å². The quantitative estimate of drug-likeness (QED) is 0.730. The second kappa shape index (κ2) is 8.14. The molecule has 146 valence electrons. The topological polar surface area (TPSA) is 71.5 Å². The molecule has 0 spiro atoms. The number of rotatable bonds is 5. The van der Waals surface area contributed by atoms with Crippen LogP contribution >= 0.6 is 0 Å². The van der Waals surface area contributed by atoms with Crippen LogP contribution in [-0.2, 0) is 17.9 Å². The summed E-state index contributed by atoms with van der Waals surface area (Å²) in [5.41, 5.74) is 4.29. The molecule has 6 nitrogen and oxygen atoms in total. The van der Waals surface area contributed by atoms with Crippen LogP contribution in [0.2, 0.25) is 0 Å². The van der Waals surface area contributed by atoms with Crippen molar-refractivity contribution >= 4 is 17.5 Å². The maximum Gasteiger partial charge on any atom is 0.265 e. The Kier molecular flexibility index (Phi) is 5.24. The first-order chi connectivity index (χ1) is 14.1. The smallest absolute Gasteiger partial charge is 0.265 e. The van der Waals surface area contributed by atoms with E-state index in [0.29, 0.717) is 24.4 Å². The van der Waals surface area contributed by atoms with Gasteiger partial charge in [0.15, 0.2) is 6.61 Å². The van der Waals surface area contributed by atoms with E-state index in [-0.39, 0.29) is 18.4 Å². The number of pyridine rings is 1. The zero-order valence-corrected chi connectivity index (χ0v) is 16.1. The number of carbonyl (C=O) groups excluding carboxylic acids is 2. The first-order valence-corrected chi connectivity index (χ1v) is 9.40. The van der Waals surface area contributed by atoms with Crippen LogP contribution in [0.15, 0.2) is 67.0 Å². The van der Waals surface area contributed by atoms with E-state index in [9.17, 15) is 9.59 Å². The van der Waals surface area contributed by atoms with Crippen LogP contribution in [0.5, 0.6) is 5.75 Å². The summed E-state index contributed by atoms with van der Waals surface area (Å²) >= 11 is 0. The minimum atomic E-state index is -0.149. The normalized spacial score (nSPS) is 12.9. The molecule has 1 aromatic heterocycles. The Morgan fingerprint density at radius 2 is 1.97 bits per heavy atom. The molecule has 1 aliphatic heterocycles. The lowest BCUT2D eigenvalue weighted by molar-refractivity contribution is -0.121. The molecule has 2 aromatic carbocycles. The van der Waals surface area contributed by atoms with Gasteiger partial charge in [-0.15, -0.1) is 0 Å². The molecule has 0 radical (unpaired) electrons. The molecule has 4 rings (SSSR count). The average Bonchev–Trinajstić information content (AvgIpc) is 2.75. The van der Waals surface area contributed by atoms with E-state index in [1.54, 1.807) is 29.4 Å². The monoisotopic (exact) mass is 387 g/mol. The Labute approximate surface area is 169 Å². The zero-order valence-electron chi connectivity index (χ0n) is 16.1. The Morgan fingerprint density at radius 3 is 2.72 bits per heavy atom. The molecule has 1 N–H and O–H groups in total. The summed E-state index contributed by atoms with van der Waals surface area (Å²) in [4.78, 5) is 30.5. The van der Waals surface area contributed by atoms with Crippen LogP contribution in [0.4, 0.5) is 5.69 Å².